The van der Waals surface area contributed by atoms with Crippen molar-refractivity contribution < 1.29 is 22.4 Å². The lowest BCUT2D eigenvalue weighted by molar-refractivity contribution is -0.147. The van der Waals surface area contributed by atoms with Crippen LogP contribution in [0.1, 0.15) is 104 Å². The van der Waals surface area contributed by atoms with Gasteiger partial charge in [0.05, 0.1) is 11.8 Å². The Balaban J connectivity index is 1.23. The normalized spacial score (nSPS) is 32.1. The first-order valence-electron chi connectivity index (χ1n) is 14.7. The van der Waals surface area contributed by atoms with Crippen LogP contribution >= 0.6 is 0 Å². The molecule has 2 amide bonds. The summed E-state index contributed by atoms with van der Waals surface area (Å²) in [5.74, 6) is 0.222. The molecule has 5 unspecified atom stereocenters. The Labute approximate surface area is 223 Å². The van der Waals surface area contributed by atoms with Gasteiger partial charge in [-0.25, -0.2) is 12.8 Å². The third-order valence-corrected chi connectivity index (χ3v) is 11.1. The van der Waals surface area contributed by atoms with Crippen molar-refractivity contribution in [3.05, 3.63) is 0 Å². The summed E-state index contributed by atoms with van der Waals surface area (Å²) in [4.78, 5) is 28.3. The van der Waals surface area contributed by atoms with Crippen LogP contribution in [0.25, 0.3) is 0 Å². The molecule has 4 aliphatic rings. The number of alkyl halides is 1. The van der Waals surface area contributed by atoms with E-state index in [4.69, 9.17) is 0 Å². The van der Waals surface area contributed by atoms with Crippen molar-refractivity contribution in [2.75, 3.05) is 12.3 Å². The smallest absolute Gasteiger partial charge is 0.226 e. The van der Waals surface area contributed by atoms with Gasteiger partial charge in [-0.1, -0.05) is 19.3 Å². The van der Waals surface area contributed by atoms with Crippen molar-refractivity contribution in [3.8, 4) is 0 Å². The molecular formula is C28H48FN3O4S. The monoisotopic (exact) mass is 541 g/mol. The van der Waals surface area contributed by atoms with Crippen LogP contribution in [0.3, 0.4) is 0 Å². The lowest BCUT2D eigenvalue weighted by Gasteiger charge is -2.46. The van der Waals surface area contributed by atoms with Crippen molar-refractivity contribution >= 4 is 21.7 Å². The highest BCUT2D eigenvalue weighted by Gasteiger charge is 2.42. The lowest BCUT2D eigenvalue weighted by atomic mass is 9.81. The van der Waals surface area contributed by atoms with Crippen LogP contribution in [-0.2, 0) is 19.4 Å². The van der Waals surface area contributed by atoms with Gasteiger partial charge in [0.15, 0.2) is 9.84 Å². The molecule has 0 aromatic heterocycles. The molecule has 37 heavy (non-hydrogen) atoms. The van der Waals surface area contributed by atoms with Crippen molar-refractivity contribution in [2.45, 2.75) is 133 Å². The minimum Gasteiger partial charge on any atom is -0.350 e. The summed E-state index contributed by atoms with van der Waals surface area (Å²) in [5, 5.41) is 5.53. The number of amides is 2. The van der Waals surface area contributed by atoms with E-state index in [0.717, 1.165) is 38.5 Å². The number of piperidine rings is 1. The van der Waals surface area contributed by atoms with E-state index in [1.165, 1.54) is 6.42 Å². The molecule has 0 aromatic rings. The molecule has 7 nitrogen and oxygen atoms in total. The highest BCUT2D eigenvalue weighted by molar-refractivity contribution is 7.92. The number of rotatable bonds is 8. The van der Waals surface area contributed by atoms with Gasteiger partial charge in [-0.05, 0) is 96.9 Å². The number of carbonyl (C=O) groups excluding carboxylic acids is 2. The summed E-state index contributed by atoms with van der Waals surface area (Å²) >= 11 is 0. The largest absolute Gasteiger partial charge is 0.350 e. The Morgan fingerprint density at radius 3 is 2.19 bits per heavy atom. The fourth-order valence-corrected chi connectivity index (χ4v) is 8.79. The molecule has 5 atom stereocenters. The first-order valence-corrected chi connectivity index (χ1v) is 16.4. The third kappa shape index (κ3) is 7.68. The molecule has 4 rings (SSSR count). The first-order chi connectivity index (χ1) is 17.4. The first kappa shape index (κ1) is 28.8. The van der Waals surface area contributed by atoms with Gasteiger partial charge in [-0.3, -0.25) is 9.59 Å². The second-order valence-corrected chi connectivity index (χ2v) is 15.4. The number of hydrogen-bond acceptors (Lipinski definition) is 5. The maximum Gasteiger partial charge on any atom is 0.226 e. The summed E-state index contributed by atoms with van der Waals surface area (Å²) in [6, 6.07) is -0.318. The maximum atomic E-state index is 15.2. The summed E-state index contributed by atoms with van der Waals surface area (Å²) in [7, 11) is -3.13. The molecule has 1 heterocycles. The zero-order valence-corrected chi connectivity index (χ0v) is 23.8. The molecule has 4 fully saturated rings. The number of nitrogens with zero attached hydrogens (tertiary/aromatic N) is 1. The lowest BCUT2D eigenvalue weighted by Crippen LogP contribution is -2.56. The summed E-state index contributed by atoms with van der Waals surface area (Å²) in [6.45, 7) is 6.71. The van der Waals surface area contributed by atoms with Crippen LogP contribution in [-0.4, -0.2) is 66.6 Å². The molecule has 0 bridgehead atoms. The predicted octanol–water partition coefficient (Wildman–Crippen LogP) is 4.11. The van der Waals surface area contributed by atoms with Gasteiger partial charge in [0, 0.05) is 23.9 Å². The number of carbonyl (C=O) groups is 2. The van der Waals surface area contributed by atoms with Crippen LogP contribution in [0.4, 0.5) is 4.39 Å². The molecule has 1 aliphatic heterocycles. The fraction of sp³-hybridized carbons (Fsp3) is 0.929. The average molecular weight is 542 g/mol. The maximum absolute atomic E-state index is 15.2. The van der Waals surface area contributed by atoms with Crippen LogP contribution in [0.2, 0.25) is 0 Å². The Morgan fingerprint density at radius 1 is 0.946 bits per heavy atom. The number of hydrogen-bond donors (Lipinski definition) is 2. The fourth-order valence-electron chi connectivity index (χ4n) is 6.72. The number of sulfone groups is 1. The van der Waals surface area contributed by atoms with Gasteiger partial charge in [-0.15, -0.1) is 0 Å². The van der Waals surface area contributed by atoms with E-state index in [1.807, 2.05) is 4.90 Å². The second-order valence-electron chi connectivity index (χ2n) is 13.2. The highest BCUT2D eigenvalue weighted by Crippen LogP contribution is 2.35. The van der Waals surface area contributed by atoms with Crippen LogP contribution in [0.15, 0.2) is 0 Å². The third-order valence-electron chi connectivity index (χ3n) is 8.91. The Morgan fingerprint density at radius 2 is 1.62 bits per heavy atom. The Bertz CT molecular complexity index is 903. The molecule has 0 radical (unpaired) electrons. The molecule has 1 saturated heterocycles. The summed E-state index contributed by atoms with van der Waals surface area (Å²) < 4.78 is 40.3. The molecule has 0 spiro atoms. The van der Waals surface area contributed by atoms with E-state index in [2.05, 4.69) is 31.4 Å². The minimum atomic E-state index is -3.13. The zero-order valence-electron chi connectivity index (χ0n) is 23.0. The summed E-state index contributed by atoms with van der Waals surface area (Å²) in [5.41, 5.74) is -0.291. The minimum absolute atomic E-state index is 0.0548. The molecule has 0 aromatic carbocycles. The van der Waals surface area contributed by atoms with E-state index < -0.39 is 27.4 Å². The van der Waals surface area contributed by atoms with E-state index in [9.17, 15) is 18.0 Å². The van der Waals surface area contributed by atoms with Crippen molar-refractivity contribution in [1.29, 1.82) is 0 Å². The van der Waals surface area contributed by atoms with Gasteiger partial charge in [0.2, 0.25) is 11.8 Å². The van der Waals surface area contributed by atoms with E-state index >= 15 is 4.39 Å². The molecule has 212 valence electrons. The zero-order chi connectivity index (χ0) is 26.8. The summed E-state index contributed by atoms with van der Waals surface area (Å²) in [6.07, 6.45) is 9.03. The van der Waals surface area contributed by atoms with Gasteiger partial charge >= 0.3 is 0 Å². The molecule has 2 N–H and O–H groups in total. The van der Waals surface area contributed by atoms with Gasteiger partial charge < -0.3 is 15.5 Å². The second kappa shape index (κ2) is 11.9. The van der Waals surface area contributed by atoms with Crippen LogP contribution in [0.5, 0.6) is 0 Å². The van der Waals surface area contributed by atoms with Gasteiger partial charge in [-0.2, -0.15) is 0 Å². The molecular weight excluding hydrogens is 493 g/mol. The van der Waals surface area contributed by atoms with Crippen LogP contribution in [0, 0.1) is 17.8 Å². The van der Waals surface area contributed by atoms with E-state index in [1.54, 1.807) is 0 Å². The molecule has 9 heteroatoms. The highest BCUT2D eigenvalue weighted by atomic mass is 32.2. The molecule has 3 saturated carbocycles. The predicted molar refractivity (Wildman–Crippen MR) is 143 cm³/mol. The van der Waals surface area contributed by atoms with Crippen molar-refractivity contribution in [2.24, 2.45) is 17.8 Å². The Hall–Kier alpha value is -1.22. The van der Waals surface area contributed by atoms with Crippen LogP contribution < -0.4 is 10.6 Å². The van der Waals surface area contributed by atoms with Gasteiger partial charge in [0.1, 0.15) is 11.5 Å². The average Bonchev–Trinajstić information content (AvgIpc) is 3.64. The number of nitrogens with one attached hydrogen (secondary N) is 2. The van der Waals surface area contributed by atoms with E-state index in [0.29, 0.717) is 38.1 Å². The number of halogens is 1. The van der Waals surface area contributed by atoms with E-state index in [-0.39, 0.29) is 53.8 Å². The standard InChI is InChI=1S/C28H48FN3O4S/c1-28(2,3)32(22-7-5-4-6-8-22)27(34)21-12-13-24(23(29)16-21)31-25(33)15-20-11-14-26(30-17-20)37(35,36)18-19-9-10-19/h19-24,26,30H,4-18H2,1-3H3,(H,31,33). The Kier molecular flexibility index (Phi) is 9.25. The quantitative estimate of drug-likeness (QED) is 0.482. The van der Waals surface area contributed by atoms with Gasteiger partial charge in [0.25, 0.3) is 0 Å². The topological polar surface area (TPSA) is 95.6 Å². The SMILES string of the molecule is CC(C)(C)N(C(=O)C1CCC(NC(=O)CC2CCC(S(=O)(=O)CC3CC3)NC2)C(F)C1)C1CCCCC1. The van der Waals surface area contributed by atoms with Crippen molar-refractivity contribution in [1.82, 2.24) is 15.5 Å². The molecule has 3 aliphatic carbocycles. The van der Waals surface area contributed by atoms with Crippen molar-refractivity contribution in [3.63, 3.8) is 0 Å².